The highest BCUT2D eigenvalue weighted by Crippen LogP contribution is 2.17. The lowest BCUT2D eigenvalue weighted by molar-refractivity contribution is -0.145. The molecule has 4 nitrogen and oxygen atoms in total. The standard InChI is InChI=1S/C28H43F3O4/c1-2-3-4-5-6-7-10-13-16-21-34-26(32)17-14-11-8-9-12-15-18-27(33)35-22-23-24(29)19-20-25(30)28(23)31/h19-20H,2-18,21-22H2,1H3. The summed E-state index contributed by atoms with van der Waals surface area (Å²) >= 11 is 0. The Morgan fingerprint density at radius 2 is 1.09 bits per heavy atom. The van der Waals surface area contributed by atoms with Gasteiger partial charge >= 0.3 is 11.9 Å². The zero-order valence-corrected chi connectivity index (χ0v) is 21.4. The van der Waals surface area contributed by atoms with Gasteiger partial charge in [0.2, 0.25) is 0 Å². The number of ether oxygens (including phenoxy) is 2. The Hall–Kier alpha value is -2.05. The van der Waals surface area contributed by atoms with Gasteiger partial charge in [-0.25, -0.2) is 13.2 Å². The first-order valence-electron chi connectivity index (χ1n) is 13.4. The van der Waals surface area contributed by atoms with E-state index in [-0.39, 0.29) is 12.4 Å². The number of halogens is 3. The van der Waals surface area contributed by atoms with E-state index in [1.165, 1.54) is 44.9 Å². The van der Waals surface area contributed by atoms with Crippen molar-refractivity contribution >= 4 is 11.9 Å². The van der Waals surface area contributed by atoms with Gasteiger partial charge in [-0.3, -0.25) is 9.59 Å². The lowest BCUT2D eigenvalue weighted by Crippen LogP contribution is -2.08. The first-order chi connectivity index (χ1) is 17.0. The SMILES string of the molecule is CCCCCCCCCCCOC(=O)CCCCCCCCC(=O)OCc1c(F)ccc(F)c1F. The highest BCUT2D eigenvalue weighted by atomic mass is 19.2. The molecule has 35 heavy (non-hydrogen) atoms. The van der Waals surface area contributed by atoms with Crippen molar-refractivity contribution in [2.45, 2.75) is 123 Å². The second-order valence-electron chi connectivity index (χ2n) is 9.15. The average molecular weight is 501 g/mol. The Bertz CT molecular complexity index is 724. The van der Waals surface area contributed by atoms with E-state index < -0.39 is 35.6 Å². The molecule has 0 aliphatic carbocycles. The van der Waals surface area contributed by atoms with Crippen LogP contribution in [-0.4, -0.2) is 18.5 Å². The van der Waals surface area contributed by atoms with Crippen LogP contribution in [-0.2, 0) is 25.7 Å². The predicted octanol–water partition coefficient (Wildman–Crippen LogP) is 8.34. The summed E-state index contributed by atoms with van der Waals surface area (Å²) in [6.07, 6.45) is 16.8. The van der Waals surface area contributed by atoms with Crippen molar-refractivity contribution in [3.63, 3.8) is 0 Å². The van der Waals surface area contributed by atoms with Gasteiger partial charge < -0.3 is 9.47 Å². The topological polar surface area (TPSA) is 52.6 Å². The van der Waals surface area contributed by atoms with Crippen LogP contribution in [0.1, 0.15) is 122 Å². The highest BCUT2D eigenvalue weighted by Gasteiger charge is 2.15. The molecule has 1 aromatic rings. The van der Waals surface area contributed by atoms with Crippen molar-refractivity contribution in [1.29, 1.82) is 0 Å². The molecule has 7 heteroatoms. The van der Waals surface area contributed by atoms with Gasteiger partial charge in [0, 0.05) is 12.8 Å². The minimum absolute atomic E-state index is 0.126. The van der Waals surface area contributed by atoms with Crippen LogP contribution in [0.4, 0.5) is 13.2 Å². The van der Waals surface area contributed by atoms with Crippen LogP contribution in [0.25, 0.3) is 0 Å². The van der Waals surface area contributed by atoms with Crippen LogP contribution < -0.4 is 0 Å². The first-order valence-corrected chi connectivity index (χ1v) is 13.4. The van der Waals surface area contributed by atoms with Gasteiger partial charge in [-0.2, -0.15) is 0 Å². The average Bonchev–Trinajstić information content (AvgIpc) is 2.84. The van der Waals surface area contributed by atoms with Crippen LogP contribution in [0.3, 0.4) is 0 Å². The van der Waals surface area contributed by atoms with Gasteiger partial charge in [0.05, 0.1) is 12.2 Å². The number of esters is 2. The molecule has 0 amide bonds. The van der Waals surface area contributed by atoms with Crippen LogP contribution in [0, 0.1) is 17.5 Å². The Morgan fingerprint density at radius 1 is 0.629 bits per heavy atom. The summed E-state index contributed by atoms with van der Waals surface area (Å²) in [6, 6.07) is 1.50. The van der Waals surface area contributed by atoms with Crippen molar-refractivity contribution < 1.29 is 32.2 Å². The molecule has 0 aliphatic rings. The minimum atomic E-state index is -1.33. The number of carbonyl (C=O) groups excluding carboxylic acids is 2. The highest BCUT2D eigenvalue weighted by molar-refractivity contribution is 5.69. The molecule has 0 bridgehead atoms. The molecule has 0 N–H and O–H groups in total. The summed E-state index contributed by atoms with van der Waals surface area (Å²) in [5.41, 5.74) is -0.579. The van der Waals surface area contributed by atoms with Crippen LogP contribution in [0.15, 0.2) is 12.1 Å². The largest absolute Gasteiger partial charge is 0.466 e. The number of unbranched alkanes of at least 4 members (excludes halogenated alkanes) is 13. The first kappa shape index (κ1) is 31.0. The van der Waals surface area contributed by atoms with Crippen molar-refractivity contribution in [1.82, 2.24) is 0 Å². The minimum Gasteiger partial charge on any atom is -0.466 e. The second-order valence-corrected chi connectivity index (χ2v) is 9.15. The van der Waals surface area contributed by atoms with Gasteiger partial charge in [-0.05, 0) is 31.4 Å². The Morgan fingerprint density at radius 3 is 1.66 bits per heavy atom. The molecule has 0 fully saturated rings. The van der Waals surface area contributed by atoms with E-state index in [0.717, 1.165) is 51.0 Å². The van der Waals surface area contributed by atoms with Crippen LogP contribution >= 0.6 is 0 Å². The summed E-state index contributed by atoms with van der Waals surface area (Å²) in [7, 11) is 0. The molecular weight excluding hydrogens is 457 g/mol. The summed E-state index contributed by atoms with van der Waals surface area (Å²) in [4.78, 5) is 23.5. The number of hydrogen-bond donors (Lipinski definition) is 0. The predicted molar refractivity (Wildman–Crippen MR) is 131 cm³/mol. The fourth-order valence-electron chi connectivity index (χ4n) is 3.84. The molecule has 0 atom stereocenters. The van der Waals surface area contributed by atoms with Crippen LogP contribution in [0.5, 0.6) is 0 Å². The molecule has 0 unspecified atom stereocenters. The van der Waals surface area contributed by atoms with Gasteiger partial charge in [0.15, 0.2) is 11.6 Å². The second kappa shape index (κ2) is 20.2. The van der Waals surface area contributed by atoms with Crippen molar-refractivity contribution in [3.8, 4) is 0 Å². The molecule has 0 heterocycles. The zero-order chi connectivity index (χ0) is 25.7. The van der Waals surface area contributed by atoms with Gasteiger partial charge in [-0.15, -0.1) is 0 Å². The molecule has 0 saturated heterocycles. The van der Waals surface area contributed by atoms with E-state index in [9.17, 15) is 22.8 Å². The molecule has 0 aliphatic heterocycles. The maximum Gasteiger partial charge on any atom is 0.306 e. The lowest BCUT2D eigenvalue weighted by atomic mass is 10.1. The van der Waals surface area contributed by atoms with E-state index in [4.69, 9.17) is 9.47 Å². The maximum atomic E-state index is 13.5. The fraction of sp³-hybridized carbons (Fsp3) is 0.714. The van der Waals surface area contributed by atoms with Gasteiger partial charge in [-0.1, -0.05) is 84.0 Å². The summed E-state index contributed by atoms with van der Waals surface area (Å²) in [6.45, 7) is 2.12. The quantitative estimate of drug-likeness (QED) is 0.0967. The molecule has 1 aromatic carbocycles. The Kier molecular flexibility index (Phi) is 17.9. The van der Waals surface area contributed by atoms with Crippen LogP contribution in [0.2, 0.25) is 0 Å². The lowest BCUT2D eigenvalue weighted by Gasteiger charge is -2.08. The third kappa shape index (κ3) is 15.5. The van der Waals surface area contributed by atoms with Crippen molar-refractivity contribution in [3.05, 3.63) is 35.1 Å². The number of rotatable bonds is 21. The number of carbonyl (C=O) groups is 2. The Balaban J connectivity index is 1.90. The molecule has 1 rings (SSSR count). The summed E-state index contributed by atoms with van der Waals surface area (Å²) in [5.74, 6) is -4.14. The fourth-order valence-corrected chi connectivity index (χ4v) is 3.84. The normalized spacial score (nSPS) is 11.0. The van der Waals surface area contributed by atoms with Crippen molar-refractivity contribution in [2.75, 3.05) is 6.61 Å². The molecule has 0 spiro atoms. The van der Waals surface area contributed by atoms with Gasteiger partial charge in [0.25, 0.3) is 0 Å². The molecule has 0 radical (unpaired) electrons. The number of hydrogen-bond acceptors (Lipinski definition) is 4. The Labute approximate surface area is 209 Å². The molecular formula is C28H43F3O4. The monoisotopic (exact) mass is 500 g/mol. The van der Waals surface area contributed by atoms with E-state index in [0.29, 0.717) is 25.5 Å². The third-order valence-electron chi connectivity index (χ3n) is 6.04. The summed E-state index contributed by atoms with van der Waals surface area (Å²) < 4.78 is 50.3. The molecule has 0 aromatic heterocycles. The van der Waals surface area contributed by atoms with Gasteiger partial charge in [0.1, 0.15) is 12.4 Å². The number of benzene rings is 1. The molecule has 0 saturated carbocycles. The van der Waals surface area contributed by atoms with E-state index in [1.54, 1.807) is 0 Å². The van der Waals surface area contributed by atoms with Crippen molar-refractivity contribution in [2.24, 2.45) is 0 Å². The maximum absolute atomic E-state index is 13.5. The van der Waals surface area contributed by atoms with E-state index >= 15 is 0 Å². The smallest absolute Gasteiger partial charge is 0.306 e. The third-order valence-corrected chi connectivity index (χ3v) is 6.04. The summed E-state index contributed by atoms with van der Waals surface area (Å²) in [5, 5.41) is 0. The van der Waals surface area contributed by atoms with E-state index in [1.807, 2.05) is 0 Å². The van der Waals surface area contributed by atoms with E-state index in [2.05, 4.69) is 6.92 Å². The molecule has 200 valence electrons. The zero-order valence-electron chi connectivity index (χ0n) is 21.4.